The largest absolute Gasteiger partial charge is 0.788 e. The van der Waals surface area contributed by atoms with E-state index >= 15 is 0 Å². The predicted octanol–water partition coefficient (Wildman–Crippen LogP) is -0.307. The van der Waals surface area contributed by atoms with Gasteiger partial charge < -0.3 is 20.2 Å². The first-order chi connectivity index (χ1) is 3.85. The molecule has 0 spiro atoms. The van der Waals surface area contributed by atoms with Gasteiger partial charge in [0.1, 0.15) is 0 Å². The predicted molar refractivity (Wildman–Crippen MR) is 29.2 cm³/mol. The molecule has 0 unspecified atom stereocenters. The SMILES string of the molecule is COC(CN[O-])OC. The molecular formula is C4H10NO3-. The molecule has 1 N–H and O–H groups in total. The highest BCUT2D eigenvalue weighted by atomic mass is 16.7. The van der Waals surface area contributed by atoms with Gasteiger partial charge >= 0.3 is 0 Å². The molecule has 0 atom stereocenters. The van der Waals surface area contributed by atoms with Gasteiger partial charge in [0.2, 0.25) is 0 Å². The second-order valence-corrected chi connectivity index (χ2v) is 1.25. The first kappa shape index (κ1) is 7.84. The zero-order valence-corrected chi connectivity index (χ0v) is 5.01. The summed E-state index contributed by atoms with van der Waals surface area (Å²) in [6, 6.07) is 0. The van der Waals surface area contributed by atoms with Gasteiger partial charge in [0.15, 0.2) is 6.29 Å². The van der Waals surface area contributed by atoms with Gasteiger partial charge in [-0.2, -0.15) is 0 Å². The molecule has 8 heavy (non-hydrogen) atoms. The molecule has 0 aliphatic heterocycles. The Kier molecular flexibility index (Phi) is 4.89. The summed E-state index contributed by atoms with van der Waals surface area (Å²) < 4.78 is 9.31. The van der Waals surface area contributed by atoms with Crippen molar-refractivity contribution >= 4 is 0 Å². The van der Waals surface area contributed by atoms with Crippen molar-refractivity contribution in [1.82, 2.24) is 5.48 Å². The van der Waals surface area contributed by atoms with Crippen molar-refractivity contribution < 1.29 is 9.47 Å². The summed E-state index contributed by atoms with van der Waals surface area (Å²) in [5.41, 5.74) is 1.67. The molecule has 0 heterocycles. The highest BCUT2D eigenvalue weighted by Crippen LogP contribution is 1.85. The Bertz CT molecular complexity index is 46.5. The molecular weight excluding hydrogens is 110 g/mol. The Morgan fingerprint density at radius 3 is 2.12 bits per heavy atom. The summed E-state index contributed by atoms with van der Waals surface area (Å²) in [6.45, 7) is 0.174. The van der Waals surface area contributed by atoms with Crippen molar-refractivity contribution in [1.29, 1.82) is 0 Å². The second-order valence-electron chi connectivity index (χ2n) is 1.25. The van der Waals surface area contributed by atoms with Crippen LogP contribution in [0, 0.1) is 5.21 Å². The van der Waals surface area contributed by atoms with Crippen LogP contribution in [0.15, 0.2) is 0 Å². The molecule has 0 saturated heterocycles. The minimum absolute atomic E-state index is 0.174. The Labute approximate surface area is 48.4 Å². The van der Waals surface area contributed by atoms with Crippen LogP contribution in [-0.4, -0.2) is 27.1 Å². The Morgan fingerprint density at radius 2 is 2.00 bits per heavy atom. The van der Waals surface area contributed by atoms with E-state index in [0.29, 0.717) is 0 Å². The summed E-state index contributed by atoms with van der Waals surface area (Å²) in [4.78, 5) is 0. The smallest absolute Gasteiger partial charge is 0.168 e. The van der Waals surface area contributed by atoms with Crippen molar-refractivity contribution in [2.75, 3.05) is 20.8 Å². The van der Waals surface area contributed by atoms with Gasteiger partial charge in [0.05, 0.1) is 0 Å². The number of hydroxylamine groups is 1. The van der Waals surface area contributed by atoms with E-state index in [9.17, 15) is 5.21 Å². The maximum atomic E-state index is 9.65. The Morgan fingerprint density at radius 1 is 1.50 bits per heavy atom. The molecule has 4 nitrogen and oxygen atoms in total. The first-order valence-electron chi connectivity index (χ1n) is 2.25. The summed E-state index contributed by atoms with van der Waals surface area (Å²) in [5.74, 6) is 0. The normalized spacial score (nSPS) is 10.5. The third-order valence-electron chi connectivity index (χ3n) is 0.776. The molecule has 0 aromatic heterocycles. The van der Waals surface area contributed by atoms with Crippen LogP contribution < -0.4 is 5.48 Å². The topological polar surface area (TPSA) is 53.5 Å². The van der Waals surface area contributed by atoms with Crippen molar-refractivity contribution in [2.24, 2.45) is 0 Å². The number of ether oxygens (including phenoxy) is 2. The molecule has 0 saturated carbocycles. The van der Waals surface area contributed by atoms with Crippen molar-refractivity contribution in [3.8, 4) is 0 Å². The lowest BCUT2D eigenvalue weighted by molar-refractivity contribution is -0.0971. The highest BCUT2D eigenvalue weighted by Gasteiger charge is 1.97. The maximum Gasteiger partial charge on any atom is 0.168 e. The Balaban J connectivity index is 3.07. The number of hydrogen-bond donors (Lipinski definition) is 1. The third-order valence-corrected chi connectivity index (χ3v) is 0.776. The van der Waals surface area contributed by atoms with Crippen LogP contribution in [0.25, 0.3) is 0 Å². The molecule has 0 bridgehead atoms. The molecule has 0 rings (SSSR count). The van der Waals surface area contributed by atoms with Crippen molar-refractivity contribution in [3.63, 3.8) is 0 Å². The van der Waals surface area contributed by atoms with Crippen LogP contribution >= 0.6 is 0 Å². The van der Waals surface area contributed by atoms with E-state index in [4.69, 9.17) is 0 Å². The van der Waals surface area contributed by atoms with E-state index in [-0.39, 0.29) is 6.54 Å². The van der Waals surface area contributed by atoms with Crippen molar-refractivity contribution in [3.05, 3.63) is 5.21 Å². The zero-order valence-electron chi connectivity index (χ0n) is 5.01. The van der Waals surface area contributed by atoms with Gasteiger partial charge in [-0.15, -0.1) is 0 Å². The number of hydrogen-bond acceptors (Lipinski definition) is 4. The van der Waals surface area contributed by atoms with Gasteiger partial charge in [-0.3, -0.25) is 0 Å². The minimum Gasteiger partial charge on any atom is -0.788 e. The fraction of sp³-hybridized carbons (Fsp3) is 1.00. The lowest BCUT2D eigenvalue weighted by Gasteiger charge is -2.15. The molecule has 0 aromatic rings. The quantitative estimate of drug-likeness (QED) is 0.408. The summed E-state index contributed by atoms with van der Waals surface area (Å²) in [6.07, 6.45) is -0.424. The molecule has 4 heteroatoms. The number of rotatable bonds is 4. The fourth-order valence-corrected chi connectivity index (χ4v) is 0.331. The van der Waals surface area contributed by atoms with Gasteiger partial charge in [0, 0.05) is 20.8 Å². The van der Waals surface area contributed by atoms with Crippen LogP contribution in [-0.2, 0) is 9.47 Å². The number of nitrogens with one attached hydrogen (secondary N) is 1. The highest BCUT2D eigenvalue weighted by molar-refractivity contribution is 4.47. The van der Waals surface area contributed by atoms with E-state index in [1.807, 2.05) is 0 Å². The third kappa shape index (κ3) is 2.92. The zero-order chi connectivity index (χ0) is 6.41. The van der Waals surface area contributed by atoms with Gasteiger partial charge in [-0.05, 0) is 0 Å². The molecule has 0 aliphatic carbocycles. The van der Waals surface area contributed by atoms with E-state index in [2.05, 4.69) is 9.47 Å². The lowest BCUT2D eigenvalue weighted by atomic mass is 10.6. The van der Waals surface area contributed by atoms with Gasteiger partial charge in [0.25, 0.3) is 0 Å². The first-order valence-corrected chi connectivity index (χ1v) is 2.25. The average molecular weight is 120 g/mol. The summed E-state index contributed by atoms with van der Waals surface area (Å²) >= 11 is 0. The van der Waals surface area contributed by atoms with Crippen LogP contribution in [0.4, 0.5) is 0 Å². The molecule has 0 radical (unpaired) electrons. The van der Waals surface area contributed by atoms with E-state index < -0.39 is 6.29 Å². The van der Waals surface area contributed by atoms with Crippen LogP contribution in [0.5, 0.6) is 0 Å². The maximum absolute atomic E-state index is 9.65. The summed E-state index contributed by atoms with van der Waals surface area (Å²) in [7, 11) is 2.96. The molecule has 0 aliphatic rings. The Hall–Kier alpha value is -0.160. The van der Waals surface area contributed by atoms with Crippen LogP contribution in [0.3, 0.4) is 0 Å². The average Bonchev–Trinajstić information content (AvgIpc) is 1.83. The van der Waals surface area contributed by atoms with Crippen LogP contribution in [0.2, 0.25) is 0 Å². The van der Waals surface area contributed by atoms with Gasteiger partial charge in [-0.1, -0.05) is 0 Å². The molecule has 0 aromatic carbocycles. The summed E-state index contributed by atoms with van der Waals surface area (Å²) in [5, 5.41) is 9.65. The van der Waals surface area contributed by atoms with Gasteiger partial charge in [-0.25, -0.2) is 0 Å². The van der Waals surface area contributed by atoms with E-state index in [1.54, 1.807) is 5.48 Å². The van der Waals surface area contributed by atoms with E-state index in [1.165, 1.54) is 14.2 Å². The standard InChI is InChI=1S/C4H10NO3/c1-7-4(8-2)3-5-6/h4-5H,3H2,1-2H3/q-1. The number of methoxy groups -OCH3 is 2. The van der Waals surface area contributed by atoms with Crippen molar-refractivity contribution in [2.45, 2.75) is 6.29 Å². The monoisotopic (exact) mass is 120 g/mol. The van der Waals surface area contributed by atoms with E-state index in [0.717, 1.165) is 0 Å². The minimum atomic E-state index is -0.424. The van der Waals surface area contributed by atoms with Crippen LogP contribution in [0.1, 0.15) is 0 Å². The molecule has 0 amide bonds. The molecule has 0 fully saturated rings. The second kappa shape index (κ2) is 4.99. The fourth-order valence-electron chi connectivity index (χ4n) is 0.331. The molecule has 50 valence electrons. The lowest BCUT2D eigenvalue weighted by Crippen LogP contribution is -2.25.